The number of guanidine groups is 1. The van der Waals surface area contributed by atoms with Crippen LogP contribution in [0, 0.1) is 0 Å². The third kappa shape index (κ3) is 11.4. The average molecular weight is 525 g/mol. The zero-order chi connectivity index (χ0) is 20.0. The molecule has 2 rings (SSSR count). The molecule has 0 saturated carbocycles. The molecule has 0 unspecified atom stereocenters. The van der Waals surface area contributed by atoms with Crippen molar-refractivity contribution >= 4 is 35.8 Å². The van der Waals surface area contributed by atoms with Crippen LogP contribution >= 0.6 is 24.0 Å². The van der Waals surface area contributed by atoms with Crippen LogP contribution in [0.4, 0.5) is 0 Å². The molecule has 0 radical (unpaired) electrons. The van der Waals surface area contributed by atoms with Crippen LogP contribution < -0.4 is 16.0 Å². The quantitative estimate of drug-likeness (QED) is 0.173. The lowest BCUT2D eigenvalue weighted by molar-refractivity contribution is -0.122. The maximum absolute atomic E-state index is 11.8. The lowest BCUT2D eigenvalue weighted by atomic mass is 10.1. The zero-order valence-electron chi connectivity index (χ0n) is 18.1. The van der Waals surface area contributed by atoms with Crippen LogP contribution in [0.1, 0.15) is 45.4 Å². The van der Waals surface area contributed by atoms with Crippen molar-refractivity contribution in [3.05, 3.63) is 0 Å². The Morgan fingerprint density at radius 1 is 1.14 bits per heavy atom. The molecule has 0 aromatic heterocycles. The summed E-state index contributed by atoms with van der Waals surface area (Å²) >= 11 is 0. The van der Waals surface area contributed by atoms with Crippen molar-refractivity contribution in [2.24, 2.45) is 4.99 Å². The monoisotopic (exact) mass is 525 g/mol. The highest BCUT2D eigenvalue weighted by Crippen LogP contribution is 2.11. The van der Waals surface area contributed by atoms with Crippen molar-refractivity contribution in [1.29, 1.82) is 0 Å². The Kier molecular flexibility index (Phi) is 14.6. The molecule has 0 aliphatic carbocycles. The molecule has 0 spiro atoms. The minimum atomic E-state index is 0. The average Bonchev–Trinajstić information content (AvgIpc) is 2.73. The van der Waals surface area contributed by atoms with Gasteiger partial charge < -0.3 is 25.4 Å². The molecule has 0 aromatic rings. The van der Waals surface area contributed by atoms with Crippen LogP contribution in [-0.4, -0.2) is 88.5 Å². The molecule has 0 atom stereocenters. The number of carbonyl (C=O) groups excluding carboxylic acids is 1. The van der Waals surface area contributed by atoms with Gasteiger partial charge in [-0.1, -0.05) is 6.92 Å². The molecule has 1 amide bonds. The summed E-state index contributed by atoms with van der Waals surface area (Å²) in [5.74, 6) is 0.985. The number of hydrogen-bond acceptors (Lipinski definition) is 5. The van der Waals surface area contributed by atoms with E-state index in [-0.39, 0.29) is 29.9 Å². The van der Waals surface area contributed by atoms with Crippen molar-refractivity contribution in [1.82, 2.24) is 20.9 Å². The predicted molar refractivity (Wildman–Crippen MR) is 127 cm³/mol. The standard InChI is InChI=1S/C20H39N5O3.HI/c1-3-9-22-19(26)16-25-11-5-17(6-12-25)24-20(21-2)23-10-4-13-28-18-7-14-27-15-8-18;/h17-18H,3-16H2,1-2H3,(H,22,26)(H2,21,23,24);1H. The molecule has 170 valence electrons. The summed E-state index contributed by atoms with van der Waals surface area (Å²) in [6, 6.07) is 0.402. The Labute approximate surface area is 192 Å². The second kappa shape index (κ2) is 16.1. The minimum Gasteiger partial charge on any atom is -0.381 e. The minimum absolute atomic E-state index is 0. The van der Waals surface area contributed by atoms with Crippen LogP contribution in [0.25, 0.3) is 0 Å². The molecule has 2 aliphatic rings. The maximum Gasteiger partial charge on any atom is 0.234 e. The van der Waals surface area contributed by atoms with Gasteiger partial charge in [-0.25, -0.2) is 0 Å². The number of ether oxygens (including phenoxy) is 2. The highest BCUT2D eigenvalue weighted by molar-refractivity contribution is 14.0. The fraction of sp³-hybridized carbons (Fsp3) is 0.900. The van der Waals surface area contributed by atoms with E-state index in [0.29, 0.717) is 18.7 Å². The first-order valence-corrected chi connectivity index (χ1v) is 10.9. The van der Waals surface area contributed by atoms with Crippen LogP contribution in [0.3, 0.4) is 0 Å². The topological polar surface area (TPSA) is 87.2 Å². The molecule has 29 heavy (non-hydrogen) atoms. The molecule has 0 aromatic carbocycles. The van der Waals surface area contributed by atoms with E-state index in [9.17, 15) is 4.79 Å². The van der Waals surface area contributed by atoms with Gasteiger partial charge in [0.25, 0.3) is 0 Å². The largest absolute Gasteiger partial charge is 0.381 e. The normalized spacial score (nSPS) is 19.4. The van der Waals surface area contributed by atoms with Crippen molar-refractivity contribution in [3.8, 4) is 0 Å². The zero-order valence-corrected chi connectivity index (χ0v) is 20.4. The molecule has 8 nitrogen and oxygen atoms in total. The first-order chi connectivity index (χ1) is 13.7. The van der Waals surface area contributed by atoms with Crippen LogP contribution in [0.2, 0.25) is 0 Å². The number of likely N-dealkylation sites (tertiary alicyclic amines) is 1. The molecule has 9 heteroatoms. The van der Waals surface area contributed by atoms with Crippen molar-refractivity contribution in [2.75, 3.05) is 59.6 Å². The van der Waals surface area contributed by atoms with E-state index >= 15 is 0 Å². The molecule has 2 aliphatic heterocycles. The number of carbonyl (C=O) groups is 1. The Morgan fingerprint density at radius 3 is 2.52 bits per heavy atom. The third-order valence-electron chi connectivity index (χ3n) is 5.23. The number of nitrogens with zero attached hydrogens (tertiary/aromatic N) is 2. The second-order valence-electron chi connectivity index (χ2n) is 7.58. The van der Waals surface area contributed by atoms with Crippen molar-refractivity contribution in [3.63, 3.8) is 0 Å². The Bertz CT molecular complexity index is 467. The van der Waals surface area contributed by atoms with E-state index in [1.807, 2.05) is 0 Å². The molecular formula is C20H40IN5O3. The Morgan fingerprint density at radius 2 is 1.86 bits per heavy atom. The number of nitrogens with one attached hydrogen (secondary N) is 3. The number of halogens is 1. The van der Waals surface area contributed by atoms with Gasteiger partial charge in [0.1, 0.15) is 0 Å². The van der Waals surface area contributed by atoms with Crippen molar-refractivity contribution in [2.45, 2.75) is 57.6 Å². The van der Waals surface area contributed by atoms with Gasteiger partial charge in [-0.2, -0.15) is 0 Å². The fourth-order valence-corrected chi connectivity index (χ4v) is 3.52. The highest BCUT2D eigenvalue weighted by atomic mass is 127. The van der Waals surface area contributed by atoms with Gasteiger partial charge in [-0.3, -0.25) is 14.7 Å². The van der Waals surface area contributed by atoms with Crippen LogP contribution in [-0.2, 0) is 14.3 Å². The smallest absolute Gasteiger partial charge is 0.234 e. The van der Waals surface area contributed by atoms with Crippen molar-refractivity contribution < 1.29 is 14.3 Å². The Hall–Kier alpha value is -0.650. The predicted octanol–water partition coefficient (Wildman–Crippen LogP) is 1.35. The van der Waals surface area contributed by atoms with E-state index in [4.69, 9.17) is 9.47 Å². The van der Waals surface area contributed by atoms with E-state index in [0.717, 1.165) is 90.5 Å². The molecular weight excluding hydrogens is 485 g/mol. The van der Waals surface area contributed by atoms with Gasteiger partial charge in [0.2, 0.25) is 5.91 Å². The number of piperidine rings is 1. The molecule has 2 fully saturated rings. The molecule has 2 heterocycles. The highest BCUT2D eigenvalue weighted by Gasteiger charge is 2.21. The van der Waals surface area contributed by atoms with E-state index in [2.05, 4.69) is 32.8 Å². The van der Waals surface area contributed by atoms with E-state index in [1.54, 1.807) is 7.05 Å². The summed E-state index contributed by atoms with van der Waals surface area (Å²) in [6.45, 7) is 8.47. The summed E-state index contributed by atoms with van der Waals surface area (Å²) in [7, 11) is 1.81. The lowest BCUT2D eigenvalue weighted by Crippen LogP contribution is -2.50. The number of amides is 1. The van der Waals surface area contributed by atoms with Crippen LogP contribution in [0.15, 0.2) is 4.99 Å². The summed E-state index contributed by atoms with van der Waals surface area (Å²) in [5, 5.41) is 9.83. The first kappa shape index (κ1) is 26.4. The van der Waals surface area contributed by atoms with Gasteiger partial charge in [0.15, 0.2) is 5.96 Å². The third-order valence-corrected chi connectivity index (χ3v) is 5.23. The van der Waals surface area contributed by atoms with Crippen LogP contribution in [0.5, 0.6) is 0 Å². The van der Waals surface area contributed by atoms with Gasteiger partial charge in [0.05, 0.1) is 12.6 Å². The maximum atomic E-state index is 11.8. The number of hydrogen-bond donors (Lipinski definition) is 3. The summed E-state index contributed by atoms with van der Waals surface area (Å²) in [6.07, 6.45) is 6.36. The first-order valence-electron chi connectivity index (χ1n) is 10.9. The van der Waals surface area contributed by atoms with Gasteiger partial charge in [-0.05, 0) is 38.5 Å². The molecule has 0 bridgehead atoms. The fourth-order valence-electron chi connectivity index (χ4n) is 3.52. The van der Waals surface area contributed by atoms with E-state index < -0.39 is 0 Å². The van der Waals surface area contributed by atoms with Gasteiger partial charge in [0, 0.05) is 59.1 Å². The summed E-state index contributed by atoms with van der Waals surface area (Å²) < 4.78 is 11.2. The molecule has 2 saturated heterocycles. The number of aliphatic imine (C=N–C) groups is 1. The lowest BCUT2D eigenvalue weighted by Gasteiger charge is -2.32. The van der Waals surface area contributed by atoms with E-state index in [1.165, 1.54) is 0 Å². The summed E-state index contributed by atoms with van der Waals surface area (Å²) in [4.78, 5) is 18.4. The SMILES string of the molecule is CCCNC(=O)CN1CCC(NC(=NC)NCCCOC2CCOCC2)CC1.I. The van der Waals surface area contributed by atoms with Gasteiger partial charge >= 0.3 is 0 Å². The van der Waals surface area contributed by atoms with Gasteiger partial charge in [-0.15, -0.1) is 24.0 Å². The summed E-state index contributed by atoms with van der Waals surface area (Å²) in [5.41, 5.74) is 0. The Balaban J connectivity index is 0.00000420. The second-order valence-corrected chi connectivity index (χ2v) is 7.58. The molecule has 3 N–H and O–H groups in total. The number of rotatable bonds is 10.